The maximum absolute atomic E-state index is 6.25. The number of hydrogen-bond donors (Lipinski definition) is 1. The lowest BCUT2D eigenvalue weighted by atomic mass is 9.72. The smallest absolute Gasteiger partial charge is 0.117 e. The molecule has 0 radical (unpaired) electrons. The Kier molecular flexibility index (Phi) is 4.18. The Labute approximate surface area is 122 Å². The Hall–Kier alpha value is -0.800. The second-order valence-electron chi connectivity index (χ2n) is 6.72. The van der Waals surface area contributed by atoms with E-state index in [4.69, 9.17) is 10.2 Å². The van der Waals surface area contributed by atoms with Gasteiger partial charge in [-0.3, -0.25) is 4.90 Å². The number of nitrogens with two attached hydrogens (primary N) is 1. The predicted octanol–water partition coefficient (Wildman–Crippen LogP) is 3.40. The number of rotatable bonds is 6. The molecule has 2 saturated carbocycles. The highest BCUT2D eigenvalue weighted by Crippen LogP contribution is 2.48. The Bertz CT molecular complexity index is 413. The summed E-state index contributed by atoms with van der Waals surface area (Å²) in [5.74, 6) is 2.98. The van der Waals surface area contributed by atoms with Crippen molar-refractivity contribution in [3.63, 3.8) is 0 Å². The van der Waals surface area contributed by atoms with Gasteiger partial charge < -0.3 is 10.2 Å². The summed E-state index contributed by atoms with van der Waals surface area (Å²) in [4.78, 5) is 2.57. The average Bonchev–Trinajstić information content (AvgIpc) is 3.22. The highest BCUT2D eigenvalue weighted by Gasteiger charge is 2.44. The maximum Gasteiger partial charge on any atom is 0.117 e. The molecule has 0 aliphatic heterocycles. The van der Waals surface area contributed by atoms with Crippen LogP contribution in [0.25, 0.3) is 0 Å². The molecule has 3 nitrogen and oxygen atoms in total. The second-order valence-corrected chi connectivity index (χ2v) is 6.72. The van der Waals surface area contributed by atoms with E-state index in [0.717, 1.165) is 37.2 Å². The Morgan fingerprint density at radius 2 is 2.20 bits per heavy atom. The van der Waals surface area contributed by atoms with Gasteiger partial charge in [-0.05, 0) is 56.2 Å². The lowest BCUT2D eigenvalue weighted by Gasteiger charge is -2.48. The van der Waals surface area contributed by atoms with Crippen LogP contribution >= 0.6 is 0 Å². The van der Waals surface area contributed by atoms with Crippen molar-refractivity contribution in [2.24, 2.45) is 17.6 Å². The first-order valence-corrected chi connectivity index (χ1v) is 8.25. The van der Waals surface area contributed by atoms with Gasteiger partial charge in [0.1, 0.15) is 5.76 Å². The van der Waals surface area contributed by atoms with E-state index in [9.17, 15) is 0 Å². The van der Waals surface area contributed by atoms with Gasteiger partial charge in [0.2, 0.25) is 0 Å². The first-order valence-electron chi connectivity index (χ1n) is 8.25. The summed E-state index contributed by atoms with van der Waals surface area (Å²) < 4.78 is 5.55. The normalized spacial score (nSPS) is 30.9. The molecular formula is C17H28N2O. The standard InChI is InChI=1S/C17H28N2O/c1-2-19(12-16-6-4-10-20-16)17(13-18)9-3-5-15(11-17)14-7-8-14/h4,6,10,14-15H,2-3,5,7-9,11-13,18H2,1H3. The van der Waals surface area contributed by atoms with Crippen molar-refractivity contribution < 1.29 is 4.42 Å². The quantitative estimate of drug-likeness (QED) is 0.866. The van der Waals surface area contributed by atoms with Gasteiger partial charge in [-0.1, -0.05) is 19.8 Å². The van der Waals surface area contributed by atoms with Crippen molar-refractivity contribution in [2.45, 2.75) is 57.5 Å². The molecule has 1 heterocycles. The molecule has 2 N–H and O–H groups in total. The van der Waals surface area contributed by atoms with E-state index in [1.165, 1.54) is 38.5 Å². The van der Waals surface area contributed by atoms with Crippen LogP contribution in [0, 0.1) is 11.8 Å². The summed E-state index contributed by atoms with van der Waals surface area (Å²) in [5.41, 5.74) is 6.46. The third-order valence-corrected chi connectivity index (χ3v) is 5.51. The van der Waals surface area contributed by atoms with Crippen molar-refractivity contribution >= 4 is 0 Å². The minimum Gasteiger partial charge on any atom is -0.468 e. The zero-order valence-electron chi connectivity index (χ0n) is 12.7. The molecule has 0 bridgehead atoms. The van der Waals surface area contributed by atoms with Crippen molar-refractivity contribution in [2.75, 3.05) is 13.1 Å². The van der Waals surface area contributed by atoms with E-state index in [2.05, 4.69) is 17.9 Å². The summed E-state index contributed by atoms with van der Waals surface area (Å²) in [6.07, 6.45) is 9.99. The molecule has 2 unspecified atom stereocenters. The molecule has 1 aromatic heterocycles. The third kappa shape index (κ3) is 2.79. The summed E-state index contributed by atoms with van der Waals surface area (Å²) >= 11 is 0. The summed E-state index contributed by atoms with van der Waals surface area (Å²) in [5, 5.41) is 0. The number of furan rings is 1. The van der Waals surface area contributed by atoms with Gasteiger partial charge in [0.15, 0.2) is 0 Å². The van der Waals surface area contributed by atoms with Crippen molar-refractivity contribution in [1.29, 1.82) is 0 Å². The van der Waals surface area contributed by atoms with Crippen LogP contribution in [0.4, 0.5) is 0 Å². The van der Waals surface area contributed by atoms with Crippen LogP contribution in [0.5, 0.6) is 0 Å². The lowest BCUT2D eigenvalue weighted by molar-refractivity contribution is 0.0239. The fraction of sp³-hybridized carbons (Fsp3) is 0.765. The van der Waals surface area contributed by atoms with Crippen LogP contribution in [0.2, 0.25) is 0 Å². The van der Waals surface area contributed by atoms with Crippen LogP contribution in [0.3, 0.4) is 0 Å². The molecule has 3 heteroatoms. The highest BCUT2D eigenvalue weighted by molar-refractivity contribution is 5.04. The zero-order valence-corrected chi connectivity index (χ0v) is 12.7. The molecule has 0 spiro atoms. The molecule has 3 rings (SSSR count). The Balaban J connectivity index is 1.74. The predicted molar refractivity (Wildman–Crippen MR) is 81.3 cm³/mol. The van der Waals surface area contributed by atoms with E-state index in [1.807, 2.05) is 6.07 Å². The topological polar surface area (TPSA) is 42.4 Å². The third-order valence-electron chi connectivity index (χ3n) is 5.51. The summed E-state index contributed by atoms with van der Waals surface area (Å²) in [7, 11) is 0. The van der Waals surface area contributed by atoms with Crippen LogP contribution in [-0.4, -0.2) is 23.5 Å². The molecule has 20 heavy (non-hydrogen) atoms. The Morgan fingerprint density at radius 1 is 1.35 bits per heavy atom. The zero-order chi connectivity index (χ0) is 14.0. The van der Waals surface area contributed by atoms with E-state index in [1.54, 1.807) is 6.26 Å². The maximum atomic E-state index is 6.25. The van der Waals surface area contributed by atoms with Crippen LogP contribution in [-0.2, 0) is 6.54 Å². The van der Waals surface area contributed by atoms with E-state index in [-0.39, 0.29) is 5.54 Å². The Morgan fingerprint density at radius 3 is 2.80 bits per heavy atom. The summed E-state index contributed by atoms with van der Waals surface area (Å²) in [6.45, 7) is 4.99. The van der Waals surface area contributed by atoms with Gasteiger partial charge in [0, 0.05) is 12.1 Å². The largest absolute Gasteiger partial charge is 0.468 e. The molecule has 0 aromatic carbocycles. The van der Waals surface area contributed by atoms with Crippen LogP contribution in [0.15, 0.2) is 22.8 Å². The molecule has 1 aromatic rings. The van der Waals surface area contributed by atoms with Gasteiger partial charge in [0.05, 0.1) is 12.8 Å². The fourth-order valence-electron chi connectivity index (χ4n) is 4.16. The molecule has 0 saturated heterocycles. The van der Waals surface area contributed by atoms with Gasteiger partial charge >= 0.3 is 0 Å². The van der Waals surface area contributed by atoms with Gasteiger partial charge in [-0.25, -0.2) is 0 Å². The molecule has 112 valence electrons. The van der Waals surface area contributed by atoms with Crippen LogP contribution in [0.1, 0.15) is 51.2 Å². The van der Waals surface area contributed by atoms with Crippen molar-refractivity contribution in [1.82, 2.24) is 4.90 Å². The van der Waals surface area contributed by atoms with Gasteiger partial charge in [0.25, 0.3) is 0 Å². The molecular weight excluding hydrogens is 248 g/mol. The molecule has 2 aliphatic carbocycles. The number of likely N-dealkylation sites (N-methyl/N-ethyl adjacent to an activating group) is 1. The number of nitrogens with zero attached hydrogens (tertiary/aromatic N) is 1. The van der Waals surface area contributed by atoms with Crippen molar-refractivity contribution in [3.05, 3.63) is 24.2 Å². The average molecular weight is 276 g/mol. The second kappa shape index (κ2) is 5.90. The SMILES string of the molecule is CCN(Cc1ccco1)C1(CN)CCCC(C2CC2)C1. The number of hydrogen-bond acceptors (Lipinski definition) is 3. The molecule has 2 fully saturated rings. The lowest BCUT2D eigenvalue weighted by Crippen LogP contribution is -2.56. The summed E-state index contributed by atoms with van der Waals surface area (Å²) in [6, 6.07) is 4.06. The molecule has 2 atom stereocenters. The van der Waals surface area contributed by atoms with Crippen LogP contribution < -0.4 is 5.73 Å². The minimum absolute atomic E-state index is 0.201. The minimum atomic E-state index is 0.201. The van der Waals surface area contributed by atoms with Gasteiger partial charge in [-0.15, -0.1) is 0 Å². The van der Waals surface area contributed by atoms with E-state index >= 15 is 0 Å². The fourth-order valence-corrected chi connectivity index (χ4v) is 4.16. The molecule has 2 aliphatic rings. The van der Waals surface area contributed by atoms with Crippen molar-refractivity contribution in [3.8, 4) is 0 Å². The van der Waals surface area contributed by atoms with Gasteiger partial charge in [-0.2, -0.15) is 0 Å². The van der Waals surface area contributed by atoms with E-state index in [0.29, 0.717) is 0 Å². The molecule has 0 amide bonds. The first-order chi connectivity index (χ1) is 9.77. The first kappa shape index (κ1) is 14.2. The highest BCUT2D eigenvalue weighted by atomic mass is 16.3. The van der Waals surface area contributed by atoms with E-state index < -0.39 is 0 Å². The monoisotopic (exact) mass is 276 g/mol.